The second-order valence-corrected chi connectivity index (χ2v) is 15.8. The van der Waals surface area contributed by atoms with Crippen LogP contribution in [-0.2, 0) is 5.41 Å². The quantitative estimate of drug-likeness (QED) is 0.170. The summed E-state index contributed by atoms with van der Waals surface area (Å²) in [6.07, 6.45) is 6.31. The topological polar surface area (TPSA) is 38.7 Å². The molecule has 0 atom stereocenters. The van der Waals surface area contributed by atoms with Gasteiger partial charge in [-0.05, 0) is 79.2 Å². The minimum Gasteiger partial charge on any atom is -0.208 e. The molecule has 1 aromatic heterocycles. The average molecular weight is 744 g/mol. The van der Waals surface area contributed by atoms with E-state index in [0.717, 1.165) is 27.8 Å². The van der Waals surface area contributed by atoms with Gasteiger partial charge in [-0.25, -0.2) is 15.0 Å². The Hall–Kier alpha value is -6.97. The van der Waals surface area contributed by atoms with Crippen LogP contribution in [0.3, 0.4) is 0 Å². The molecule has 3 nitrogen and oxygen atoms in total. The fourth-order valence-corrected chi connectivity index (χ4v) is 9.84. The van der Waals surface area contributed by atoms with Gasteiger partial charge >= 0.3 is 0 Å². The van der Waals surface area contributed by atoms with Gasteiger partial charge in [0.15, 0.2) is 17.5 Å². The summed E-state index contributed by atoms with van der Waals surface area (Å²) in [5.41, 5.74) is 16.2. The lowest BCUT2D eigenvalue weighted by molar-refractivity contribution is 0.353. The van der Waals surface area contributed by atoms with Crippen molar-refractivity contribution in [1.29, 1.82) is 0 Å². The Morgan fingerprint density at radius 3 is 1.36 bits per heavy atom. The van der Waals surface area contributed by atoms with E-state index in [1.165, 1.54) is 87.4 Å². The van der Waals surface area contributed by atoms with E-state index in [4.69, 9.17) is 15.0 Å². The molecule has 3 heteroatoms. The number of rotatable bonds is 6. The predicted octanol–water partition coefficient (Wildman–Crippen LogP) is 14.3. The number of fused-ring (bicyclic) bond motifs is 6. The molecule has 1 spiro atoms. The molecule has 1 fully saturated rings. The van der Waals surface area contributed by atoms with Crippen LogP contribution in [0, 0.1) is 0 Å². The van der Waals surface area contributed by atoms with Crippen molar-refractivity contribution in [3.8, 4) is 78.7 Å². The molecule has 0 unspecified atom stereocenters. The fourth-order valence-electron chi connectivity index (χ4n) is 9.84. The summed E-state index contributed by atoms with van der Waals surface area (Å²) in [4.78, 5) is 15.0. The summed E-state index contributed by atoms with van der Waals surface area (Å²) < 4.78 is 0. The van der Waals surface area contributed by atoms with E-state index in [-0.39, 0.29) is 5.41 Å². The summed E-state index contributed by atoms with van der Waals surface area (Å²) in [5.74, 6) is 1.96. The second-order valence-electron chi connectivity index (χ2n) is 15.8. The summed E-state index contributed by atoms with van der Waals surface area (Å²) in [7, 11) is 0. The van der Waals surface area contributed by atoms with Gasteiger partial charge in [-0.3, -0.25) is 0 Å². The smallest absolute Gasteiger partial charge is 0.164 e. The van der Waals surface area contributed by atoms with Gasteiger partial charge < -0.3 is 0 Å². The molecule has 11 rings (SSSR count). The lowest BCUT2D eigenvalue weighted by Crippen LogP contribution is -2.28. The van der Waals surface area contributed by atoms with Crippen LogP contribution in [-0.4, -0.2) is 15.0 Å². The van der Waals surface area contributed by atoms with E-state index in [2.05, 4.69) is 164 Å². The van der Waals surface area contributed by atoms with E-state index in [1.807, 2.05) is 24.3 Å². The van der Waals surface area contributed by atoms with Crippen molar-refractivity contribution in [2.24, 2.45) is 0 Å². The molecule has 0 bridgehead atoms. The molecule has 8 aromatic carbocycles. The Bertz CT molecular complexity index is 2940. The molecule has 0 radical (unpaired) electrons. The zero-order valence-corrected chi connectivity index (χ0v) is 32.3. The lowest BCUT2D eigenvalue weighted by Gasteiger charge is -2.37. The van der Waals surface area contributed by atoms with Crippen molar-refractivity contribution >= 4 is 10.8 Å². The predicted molar refractivity (Wildman–Crippen MR) is 239 cm³/mol. The highest BCUT2D eigenvalue weighted by molar-refractivity contribution is 6.06. The van der Waals surface area contributed by atoms with E-state index in [9.17, 15) is 0 Å². The van der Waals surface area contributed by atoms with E-state index < -0.39 is 0 Å². The molecular weight excluding hydrogens is 703 g/mol. The maximum absolute atomic E-state index is 5.06. The van der Waals surface area contributed by atoms with Crippen molar-refractivity contribution in [2.75, 3.05) is 0 Å². The van der Waals surface area contributed by atoms with Gasteiger partial charge in [-0.15, -0.1) is 0 Å². The van der Waals surface area contributed by atoms with Crippen LogP contribution in [0.15, 0.2) is 188 Å². The zero-order chi connectivity index (χ0) is 38.5. The maximum atomic E-state index is 5.06. The van der Waals surface area contributed by atoms with Crippen molar-refractivity contribution in [1.82, 2.24) is 15.0 Å². The van der Waals surface area contributed by atoms with Crippen LogP contribution >= 0.6 is 0 Å². The number of aromatic nitrogens is 3. The highest BCUT2D eigenvalue weighted by atomic mass is 15.0. The van der Waals surface area contributed by atoms with Crippen LogP contribution in [0.2, 0.25) is 0 Å². The summed E-state index contributed by atoms with van der Waals surface area (Å²) in [6, 6.07) is 67.6. The third kappa shape index (κ3) is 5.77. The van der Waals surface area contributed by atoms with Crippen LogP contribution in [0.25, 0.3) is 89.4 Å². The number of benzene rings is 8. The average Bonchev–Trinajstić information content (AvgIpc) is 3.58. The largest absolute Gasteiger partial charge is 0.208 e. The van der Waals surface area contributed by atoms with Gasteiger partial charge in [0.2, 0.25) is 0 Å². The van der Waals surface area contributed by atoms with E-state index in [1.54, 1.807) is 0 Å². The Kier molecular flexibility index (Phi) is 8.40. The van der Waals surface area contributed by atoms with Crippen LogP contribution in [0.4, 0.5) is 0 Å². The second kappa shape index (κ2) is 14.2. The molecule has 1 saturated carbocycles. The van der Waals surface area contributed by atoms with Gasteiger partial charge in [0, 0.05) is 22.1 Å². The van der Waals surface area contributed by atoms with Gasteiger partial charge in [-0.1, -0.05) is 207 Å². The molecular formula is C55H41N3. The van der Waals surface area contributed by atoms with Crippen molar-refractivity contribution in [2.45, 2.75) is 37.5 Å². The van der Waals surface area contributed by atoms with Crippen molar-refractivity contribution in [3.63, 3.8) is 0 Å². The summed E-state index contributed by atoms with van der Waals surface area (Å²) in [5, 5.41) is 2.54. The fraction of sp³-hybridized carbons (Fsp3) is 0.109. The molecule has 0 saturated heterocycles. The molecule has 276 valence electrons. The maximum Gasteiger partial charge on any atom is 0.164 e. The van der Waals surface area contributed by atoms with E-state index >= 15 is 0 Å². The van der Waals surface area contributed by atoms with Gasteiger partial charge in [0.1, 0.15) is 0 Å². The Morgan fingerprint density at radius 2 is 0.724 bits per heavy atom. The van der Waals surface area contributed by atoms with Crippen LogP contribution < -0.4 is 0 Å². The normalized spacial score (nSPS) is 14.0. The molecule has 2 aliphatic rings. The molecule has 0 amide bonds. The van der Waals surface area contributed by atoms with Gasteiger partial charge in [0.05, 0.1) is 0 Å². The van der Waals surface area contributed by atoms with Crippen molar-refractivity contribution in [3.05, 3.63) is 199 Å². The van der Waals surface area contributed by atoms with Gasteiger partial charge in [-0.2, -0.15) is 0 Å². The number of hydrogen-bond acceptors (Lipinski definition) is 3. The Morgan fingerprint density at radius 1 is 0.293 bits per heavy atom. The molecule has 0 aliphatic heterocycles. The van der Waals surface area contributed by atoms with Crippen LogP contribution in [0.5, 0.6) is 0 Å². The summed E-state index contributed by atoms with van der Waals surface area (Å²) in [6.45, 7) is 0. The first kappa shape index (κ1) is 34.3. The lowest BCUT2D eigenvalue weighted by atomic mass is 9.66. The third-order valence-corrected chi connectivity index (χ3v) is 12.6. The number of hydrogen-bond donors (Lipinski definition) is 0. The zero-order valence-electron chi connectivity index (χ0n) is 32.3. The minimum absolute atomic E-state index is 0.0806. The molecule has 9 aromatic rings. The highest BCUT2D eigenvalue weighted by Crippen LogP contribution is 2.58. The molecule has 2 aliphatic carbocycles. The summed E-state index contributed by atoms with van der Waals surface area (Å²) >= 11 is 0. The van der Waals surface area contributed by atoms with Gasteiger partial charge in [0.25, 0.3) is 0 Å². The highest BCUT2D eigenvalue weighted by Gasteiger charge is 2.45. The molecule has 1 heterocycles. The minimum atomic E-state index is 0.0806. The van der Waals surface area contributed by atoms with Crippen molar-refractivity contribution < 1.29 is 0 Å². The Labute approximate surface area is 339 Å². The number of nitrogens with zero attached hydrogens (tertiary/aromatic N) is 3. The Balaban J connectivity index is 0.980. The SMILES string of the molecule is c1ccc(-c2ccc(-c3nc(-c4ccccc4)nc(-c4ccc(-c5ccc(-c6cccc7c6C6(CCCCC6)c6ccccc6-7)c6ccccc56)cc4)n3)cc2)cc1. The molecule has 58 heavy (non-hydrogen) atoms. The first-order chi connectivity index (χ1) is 28.7. The first-order valence-corrected chi connectivity index (χ1v) is 20.6. The molecule has 0 N–H and O–H groups in total. The van der Waals surface area contributed by atoms with Crippen LogP contribution in [0.1, 0.15) is 43.2 Å². The standard InChI is InChI=1S/C55H41N3/c1-4-15-37(16-5-1)38-25-29-41(30-26-38)53-56-52(40-17-6-2-7-18-40)57-54(58-53)42-31-27-39(28-32-42)43-33-34-46(45-20-9-8-19-44(43)45)48-22-14-23-49-47-21-10-11-24-50(47)55(51(48)49)35-12-3-13-36-55/h1-2,4-11,14-34H,3,12-13,35-36H2. The van der Waals surface area contributed by atoms with E-state index in [0.29, 0.717) is 17.5 Å². The first-order valence-electron chi connectivity index (χ1n) is 20.6. The third-order valence-electron chi connectivity index (χ3n) is 12.6. The monoisotopic (exact) mass is 743 g/mol.